The Morgan fingerprint density at radius 2 is 2.60 bits per heavy atom. The lowest BCUT2D eigenvalue weighted by molar-refractivity contribution is 0.297. The zero-order valence-corrected chi connectivity index (χ0v) is 6.06. The topological polar surface area (TPSA) is 24.4 Å². The molecule has 0 saturated heterocycles. The molecule has 1 fully saturated rings. The molecule has 54 valence electrons. The Labute approximate surface area is 61.7 Å². The van der Waals surface area contributed by atoms with E-state index in [1.807, 2.05) is 0 Å². The molecular formula is C8H12N2. The van der Waals surface area contributed by atoms with E-state index in [-0.39, 0.29) is 5.54 Å². The SMILES string of the molecule is [C]1=NNC2(C1)C[CH]CCC2. The first kappa shape index (κ1) is 6.20. The Hall–Kier alpha value is -0.530. The van der Waals surface area contributed by atoms with E-state index in [4.69, 9.17) is 0 Å². The van der Waals surface area contributed by atoms with Crippen LogP contribution in [0.25, 0.3) is 0 Å². The van der Waals surface area contributed by atoms with Gasteiger partial charge in [-0.1, -0.05) is 12.8 Å². The van der Waals surface area contributed by atoms with E-state index in [0.717, 1.165) is 6.42 Å². The van der Waals surface area contributed by atoms with E-state index < -0.39 is 0 Å². The molecule has 2 radical (unpaired) electrons. The van der Waals surface area contributed by atoms with Crippen molar-refractivity contribution in [3.63, 3.8) is 0 Å². The van der Waals surface area contributed by atoms with Crippen molar-refractivity contribution >= 4 is 6.21 Å². The van der Waals surface area contributed by atoms with Gasteiger partial charge in [-0.15, -0.1) is 0 Å². The Morgan fingerprint density at radius 1 is 1.60 bits per heavy atom. The Kier molecular flexibility index (Phi) is 1.40. The molecule has 0 aromatic carbocycles. The van der Waals surface area contributed by atoms with Crippen molar-refractivity contribution in [3.05, 3.63) is 6.42 Å². The van der Waals surface area contributed by atoms with Gasteiger partial charge in [0.15, 0.2) is 0 Å². The predicted molar refractivity (Wildman–Crippen MR) is 40.7 cm³/mol. The van der Waals surface area contributed by atoms with Crippen LogP contribution in [0.2, 0.25) is 0 Å². The molecule has 1 aliphatic heterocycles. The maximum Gasteiger partial charge on any atom is 0.0860 e. The van der Waals surface area contributed by atoms with Crippen LogP contribution in [0.3, 0.4) is 0 Å². The molecular weight excluding hydrogens is 124 g/mol. The van der Waals surface area contributed by atoms with E-state index in [2.05, 4.69) is 23.2 Å². The van der Waals surface area contributed by atoms with Gasteiger partial charge >= 0.3 is 0 Å². The average molecular weight is 136 g/mol. The fraction of sp³-hybridized carbons (Fsp3) is 0.750. The van der Waals surface area contributed by atoms with Crippen LogP contribution in [0.1, 0.15) is 32.1 Å². The van der Waals surface area contributed by atoms with Crippen LogP contribution < -0.4 is 5.43 Å². The van der Waals surface area contributed by atoms with Gasteiger partial charge in [-0.25, -0.2) is 0 Å². The minimum Gasteiger partial charge on any atom is -0.303 e. The van der Waals surface area contributed by atoms with Crippen LogP contribution in [0.4, 0.5) is 0 Å². The van der Waals surface area contributed by atoms with E-state index in [1.165, 1.54) is 25.7 Å². The van der Waals surface area contributed by atoms with Crippen molar-refractivity contribution in [2.75, 3.05) is 0 Å². The quantitative estimate of drug-likeness (QED) is 0.534. The van der Waals surface area contributed by atoms with Gasteiger partial charge < -0.3 is 5.43 Å². The summed E-state index contributed by atoms with van der Waals surface area (Å²) in [6.07, 6.45) is 11.4. The van der Waals surface area contributed by atoms with Gasteiger partial charge in [0.25, 0.3) is 0 Å². The summed E-state index contributed by atoms with van der Waals surface area (Å²) < 4.78 is 0. The first-order valence-corrected chi connectivity index (χ1v) is 3.93. The molecule has 1 aliphatic carbocycles. The average Bonchev–Trinajstić information content (AvgIpc) is 2.39. The lowest BCUT2D eigenvalue weighted by Crippen LogP contribution is -2.40. The number of nitrogens with one attached hydrogen (secondary N) is 1. The van der Waals surface area contributed by atoms with Gasteiger partial charge in [0.2, 0.25) is 0 Å². The predicted octanol–water partition coefficient (Wildman–Crippen LogP) is 1.36. The third-order valence-electron chi connectivity index (χ3n) is 2.39. The zero-order chi connectivity index (χ0) is 6.86. The number of hydrogen-bond acceptors (Lipinski definition) is 2. The number of rotatable bonds is 0. The fourth-order valence-electron chi connectivity index (χ4n) is 1.72. The van der Waals surface area contributed by atoms with Crippen molar-refractivity contribution in [1.29, 1.82) is 0 Å². The van der Waals surface area contributed by atoms with Crippen molar-refractivity contribution in [2.45, 2.75) is 37.6 Å². The molecule has 10 heavy (non-hydrogen) atoms. The van der Waals surface area contributed by atoms with Crippen LogP contribution in [-0.2, 0) is 0 Å². The largest absolute Gasteiger partial charge is 0.303 e. The monoisotopic (exact) mass is 136 g/mol. The maximum absolute atomic E-state index is 3.94. The first-order chi connectivity index (χ1) is 4.91. The smallest absolute Gasteiger partial charge is 0.0860 e. The third kappa shape index (κ3) is 0.917. The van der Waals surface area contributed by atoms with Crippen LogP contribution in [-0.4, -0.2) is 11.8 Å². The van der Waals surface area contributed by atoms with Crippen LogP contribution in [0.15, 0.2) is 5.10 Å². The second-order valence-electron chi connectivity index (χ2n) is 3.22. The van der Waals surface area contributed by atoms with Gasteiger partial charge in [0.05, 0.1) is 11.8 Å². The maximum atomic E-state index is 3.94. The summed E-state index contributed by atoms with van der Waals surface area (Å²) in [4.78, 5) is 0. The molecule has 2 rings (SSSR count). The lowest BCUT2D eigenvalue weighted by Gasteiger charge is -2.31. The highest BCUT2D eigenvalue weighted by Crippen LogP contribution is 2.31. The number of nitrogens with zero attached hydrogens (tertiary/aromatic N) is 1. The second-order valence-corrected chi connectivity index (χ2v) is 3.22. The molecule has 0 aromatic heterocycles. The molecule has 0 aromatic rings. The van der Waals surface area contributed by atoms with Crippen molar-refractivity contribution in [2.24, 2.45) is 5.10 Å². The van der Waals surface area contributed by atoms with Gasteiger partial charge in [0, 0.05) is 6.42 Å². The van der Waals surface area contributed by atoms with Gasteiger partial charge in [-0.3, -0.25) is 0 Å². The van der Waals surface area contributed by atoms with E-state index in [1.54, 1.807) is 0 Å². The van der Waals surface area contributed by atoms with Crippen molar-refractivity contribution in [1.82, 2.24) is 5.43 Å². The summed E-state index contributed by atoms with van der Waals surface area (Å²) in [7, 11) is 0. The summed E-state index contributed by atoms with van der Waals surface area (Å²) in [6.45, 7) is 0. The molecule has 0 bridgehead atoms. The minimum atomic E-state index is 0.290. The summed E-state index contributed by atoms with van der Waals surface area (Å²) >= 11 is 0. The Balaban J connectivity index is 2.00. The standard InChI is InChI=1S/C8H12N2/c1-2-4-8(5-3-1)6-7-9-10-8/h2,10H,1,3-6H2. The molecule has 2 aliphatic rings. The highest BCUT2D eigenvalue weighted by atomic mass is 15.3. The molecule has 1 N–H and O–H groups in total. The molecule has 1 atom stereocenters. The molecule has 1 saturated carbocycles. The highest BCUT2D eigenvalue weighted by molar-refractivity contribution is 5.61. The van der Waals surface area contributed by atoms with E-state index in [0.29, 0.717) is 0 Å². The Morgan fingerprint density at radius 3 is 3.20 bits per heavy atom. The molecule has 2 nitrogen and oxygen atoms in total. The second kappa shape index (κ2) is 2.26. The zero-order valence-electron chi connectivity index (χ0n) is 6.06. The molecule has 1 spiro atoms. The van der Waals surface area contributed by atoms with Crippen LogP contribution in [0.5, 0.6) is 0 Å². The fourth-order valence-corrected chi connectivity index (χ4v) is 1.72. The highest BCUT2D eigenvalue weighted by Gasteiger charge is 2.33. The Bertz CT molecular complexity index is 135. The van der Waals surface area contributed by atoms with Gasteiger partial charge in [-0.2, -0.15) is 5.10 Å². The van der Waals surface area contributed by atoms with Crippen LogP contribution >= 0.6 is 0 Å². The molecule has 0 amide bonds. The van der Waals surface area contributed by atoms with Crippen LogP contribution in [0, 0.1) is 6.42 Å². The van der Waals surface area contributed by atoms with E-state index >= 15 is 0 Å². The minimum absolute atomic E-state index is 0.290. The summed E-state index contributed by atoms with van der Waals surface area (Å²) in [6, 6.07) is 0. The summed E-state index contributed by atoms with van der Waals surface area (Å²) in [5, 5.41) is 3.94. The molecule has 1 unspecified atom stereocenters. The molecule has 1 heterocycles. The van der Waals surface area contributed by atoms with Gasteiger partial charge in [-0.05, 0) is 19.3 Å². The van der Waals surface area contributed by atoms with Crippen molar-refractivity contribution in [3.8, 4) is 0 Å². The van der Waals surface area contributed by atoms with Gasteiger partial charge in [0.1, 0.15) is 0 Å². The normalized spacial score (nSPS) is 28.8. The third-order valence-corrected chi connectivity index (χ3v) is 2.39. The number of hydrazone groups is 1. The summed E-state index contributed by atoms with van der Waals surface area (Å²) in [5.41, 5.74) is 3.44. The van der Waals surface area contributed by atoms with E-state index in [9.17, 15) is 0 Å². The molecule has 2 heteroatoms. The number of hydrogen-bond donors (Lipinski definition) is 1. The first-order valence-electron chi connectivity index (χ1n) is 3.93. The van der Waals surface area contributed by atoms with Crippen molar-refractivity contribution < 1.29 is 0 Å². The lowest BCUT2D eigenvalue weighted by atomic mass is 9.81. The summed E-state index contributed by atoms with van der Waals surface area (Å²) in [5.74, 6) is 0.